The van der Waals surface area contributed by atoms with E-state index in [1.807, 2.05) is 30.3 Å². The molecule has 1 aliphatic heterocycles. The number of sulfonamides is 1. The molecule has 1 saturated heterocycles. The van der Waals surface area contributed by atoms with Gasteiger partial charge in [-0.2, -0.15) is 4.31 Å². The van der Waals surface area contributed by atoms with E-state index < -0.39 is 10.0 Å². The second-order valence-corrected chi connectivity index (χ2v) is 8.03. The normalized spacial score (nSPS) is 20.7. The Balaban J connectivity index is 1.53. The zero-order valence-corrected chi connectivity index (χ0v) is 13.8. The van der Waals surface area contributed by atoms with Gasteiger partial charge in [-0.05, 0) is 37.3 Å². The summed E-state index contributed by atoms with van der Waals surface area (Å²) in [4.78, 5) is 11.8. The van der Waals surface area contributed by atoms with Crippen LogP contribution in [0.3, 0.4) is 0 Å². The quantitative estimate of drug-likeness (QED) is 0.895. The number of amides is 1. The van der Waals surface area contributed by atoms with Gasteiger partial charge in [-0.25, -0.2) is 8.42 Å². The molecule has 0 bridgehead atoms. The van der Waals surface area contributed by atoms with Crippen molar-refractivity contribution >= 4 is 22.0 Å². The fourth-order valence-electron chi connectivity index (χ4n) is 2.73. The lowest BCUT2D eigenvalue weighted by atomic mass is 10.1. The Kier molecular flexibility index (Phi) is 4.82. The second kappa shape index (κ2) is 6.84. The smallest absolute Gasteiger partial charge is 0.236 e. The highest BCUT2D eigenvalue weighted by Gasteiger charge is 2.33. The van der Waals surface area contributed by atoms with Crippen LogP contribution < -0.4 is 5.32 Å². The zero-order chi connectivity index (χ0) is 16.3. The van der Waals surface area contributed by atoms with Gasteiger partial charge in [0.25, 0.3) is 0 Å². The lowest BCUT2D eigenvalue weighted by molar-refractivity contribution is -0.123. The summed E-state index contributed by atoms with van der Waals surface area (Å²) in [5, 5.41) is 4.30. The van der Waals surface area contributed by atoms with Crippen molar-refractivity contribution in [3.8, 4) is 0 Å². The predicted octanol–water partition coefficient (Wildman–Crippen LogP) is 1.98. The Hall–Kier alpha value is -1.66. The van der Waals surface area contributed by atoms with Crippen LogP contribution in [0.5, 0.6) is 0 Å². The summed E-state index contributed by atoms with van der Waals surface area (Å²) in [6.07, 6.45) is 4.96. The Morgan fingerprint density at radius 1 is 1.09 bits per heavy atom. The Bertz CT molecular complexity index is 673. The number of carbonyl (C=O) groups excluding carboxylic acids is 1. The van der Waals surface area contributed by atoms with Crippen LogP contribution in [-0.2, 0) is 14.8 Å². The van der Waals surface area contributed by atoms with Gasteiger partial charge in [0.1, 0.15) is 0 Å². The van der Waals surface area contributed by atoms with E-state index in [0.29, 0.717) is 25.9 Å². The topological polar surface area (TPSA) is 66.5 Å². The van der Waals surface area contributed by atoms with Crippen molar-refractivity contribution in [3.63, 3.8) is 0 Å². The van der Waals surface area contributed by atoms with Gasteiger partial charge < -0.3 is 5.32 Å². The molecule has 0 spiro atoms. The van der Waals surface area contributed by atoms with Crippen LogP contribution >= 0.6 is 0 Å². The van der Waals surface area contributed by atoms with Crippen molar-refractivity contribution in [2.75, 3.05) is 13.1 Å². The monoisotopic (exact) mass is 334 g/mol. The molecule has 0 unspecified atom stereocenters. The predicted molar refractivity (Wildman–Crippen MR) is 89.9 cm³/mol. The fourth-order valence-corrected chi connectivity index (χ4v) is 3.95. The Morgan fingerprint density at radius 2 is 1.74 bits per heavy atom. The molecule has 23 heavy (non-hydrogen) atoms. The second-order valence-electron chi connectivity index (χ2n) is 6.21. The largest absolute Gasteiger partial charge is 0.353 e. The summed E-state index contributed by atoms with van der Waals surface area (Å²) < 4.78 is 26.2. The summed E-state index contributed by atoms with van der Waals surface area (Å²) in [5.74, 6) is 0.334. The van der Waals surface area contributed by atoms with Crippen LogP contribution in [-0.4, -0.2) is 37.8 Å². The van der Waals surface area contributed by atoms with Crippen molar-refractivity contribution in [3.05, 3.63) is 41.3 Å². The highest BCUT2D eigenvalue weighted by Crippen LogP contribution is 2.29. The lowest BCUT2D eigenvalue weighted by Crippen LogP contribution is -2.46. The highest BCUT2D eigenvalue weighted by molar-refractivity contribution is 7.92. The summed E-state index contributed by atoms with van der Waals surface area (Å²) in [5.41, 5.74) is 0.864. The maximum absolute atomic E-state index is 12.4. The molecule has 2 aliphatic rings. The third-order valence-corrected chi connectivity index (χ3v) is 5.91. The first-order chi connectivity index (χ1) is 11.0. The van der Waals surface area contributed by atoms with Crippen LogP contribution in [0, 0.1) is 5.92 Å². The summed E-state index contributed by atoms with van der Waals surface area (Å²) in [7, 11) is -3.40. The average molecular weight is 334 g/mol. The first-order valence-electron chi connectivity index (χ1n) is 8.08. The van der Waals surface area contributed by atoms with E-state index in [4.69, 9.17) is 0 Å². The van der Waals surface area contributed by atoms with Gasteiger partial charge in [0, 0.05) is 30.5 Å². The molecule has 3 rings (SSSR count). The molecule has 6 heteroatoms. The van der Waals surface area contributed by atoms with Crippen molar-refractivity contribution in [2.24, 2.45) is 5.92 Å². The summed E-state index contributed by atoms with van der Waals surface area (Å²) in [6.45, 7) is 0.911. The van der Waals surface area contributed by atoms with E-state index >= 15 is 0 Å². The first kappa shape index (κ1) is 16.2. The molecule has 1 aromatic rings. The van der Waals surface area contributed by atoms with Gasteiger partial charge in [-0.1, -0.05) is 30.3 Å². The van der Waals surface area contributed by atoms with Crippen LogP contribution in [0.1, 0.15) is 31.2 Å². The number of benzene rings is 1. The number of rotatable bonds is 5. The van der Waals surface area contributed by atoms with E-state index in [-0.39, 0.29) is 17.9 Å². The molecule has 0 radical (unpaired) electrons. The van der Waals surface area contributed by atoms with Gasteiger partial charge in [0.05, 0.1) is 0 Å². The molecule has 1 saturated carbocycles. The van der Waals surface area contributed by atoms with Gasteiger partial charge in [0.2, 0.25) is 15.9 Å². The maximum atomic E-state index is 12.4. The van der Waals surface area contributed by atoms with Gasteiger partial charge in [-0.15, -0.1) is 0 Å². The van der Waals surface area contributed by atoms with Crippen LogP contribution in [0.25, 0.3) is 6.08 Å². The molecule has 1 aliphatic carbocycles. The SMILES string of the molecule is O=C(NC1CCN(S(=O)(=O)C=Cc2ccccc2)CC1)C1CC1. The summed E-state index contributed by atoms with van der Waals surface area (Å²) in [6, 6.07) is 9.48. The molecule has 1 aromatic carbocycles. The summed E-state index contributed by atoms with van der Waals surface area (Å²) >= 11 is 0. The van der Waals surface area contributed by atoms with Crippen molar-refractivity contribution in [2.45, 2.75) is 31.7 Å². The molecule has 1 N–H and O–H groups in total. The van der Waals surface area contributed by atoms with E-state index in [9.17, 15) is 13.2 Å². The standard InChI is InChI=1S/C17H22N2O3S/c20-17(15-6-7-15)18-16-8-11-19(12-9-16)23(21,22)13-10-14-4-2-1-3-5-14/h1-5,10,13,15-16H,6-9,11-12H2,(H,18,20). The van der Waals surface area contributed by atoms with Gasteiger partial charge in [0.15, 0.2) is 0 Å². The van der Waals surface area contributed by atoms with Crippen LogP contribution in [0.2, 0.25) is 0 Å². The van der Waals surface area contributed by atoms with Crippen LogP contribution in [0.4, 0.5) is 0 Å². The molecule has 0 atom stereocenters. The van der Waals surface area contributed by atoms with Crippen LogP contribution in [0.15, 0.2) is 35.7 Å². The molecule has 1 amide bonds. The van der Waals surface area contributed by atoms with Crippen molar-refractivity contribution < 1.29 is 13.2 Å². The number of hydrogen-bond acceptors (Lipinski definition) is 3. The van der Waals surface area contributed by atoms with Gasteiger partial charge in [-0.3, -0.25) is 4.79 Å². The fraction of sp³-hybridized carbons (Fsp3) is 0.471. The number of nitrogens with zero attached hydrogens (tertiary/aromatic N) is 1. The van der Waals surface area contributed by atoms with E-state index in [2.05, 4.69) is 5.32 Å². The van der Waals surface area contributed by atoms with Crippen molar-refractivity contribution in [1.29, 1.82) is 0 Å². The third-order valence-electron chi connectivity index (χ3n) is 4.34. The molecule has 1 heterocycles. The lowest BCUT2D eigenvalue weighted by Gasteiger charge is -2.30. The highest BCUT2D eigenvalue weighted by atomic mass is 32.2. The molecule has 2 fully saturated rings. The molecular formula is C17H22N2O3S. The maximum Gasteiger partial charge on any atom is 0.236 e. The zero-order valence-electron chi connectivity index (χ0n) is 13.0. The van der Waals surface area contributed by atoms with Gasteiger partial charge >= 0.3 is 0 Å². The molecule has 0 aromatic heterocycles. The number of nitrogens with one attached hydrogen (secondary N) is 1. The molecule has 124 valence electrons. The van der Waals surface area contributed by atoms with E-state index in [0.717, 1.165) is 18.4 Å². The minimum absolute atomic E-state index is 0.104. The minimum Gasteiger partial charge on any atom is -0.353 e. The Labute approximate surface area is 137 Å². The van der Waals surface area contributed by atoms with E-state index in [1.54, 1.807) is 6.08 Å². The number of piperidine rings is 1. The molecular weight excluding hydrogens is 312 g/mol. The van der Waals surface area contributed by atoms with Crippen molar-refractivity contribution in [1.82, 2.24) is 9.62 Å². The third kappa shape index (κ3) is 4.42. The minimum atomic E-state index is -3.40. The average Bonchev–Trinajstić information content (AvgIpc) is 3.40. The first-order valence-corrected chi connectivity index (χ1v) is 9.58. The number of carbonyl (C=O) groups is 1. The number of hydrogen-bond donors (Lipinski definition) is 1. The Morgan fingerprint density at radius 3 is 2.35 bits per heavy atom. The van der Waals surface area contributed by atoms with E-state index in [1.165, 1.54) is 9.71 Å². The molecule has 5 nitrogen and oxygen atoms in total.